The fraction of sp³-hybridized carbons (Fsp3) is 0.435. The second-order valence-corrected chi connectivity index (χ2v) is 10.4. The molecule has 1 N–H and O–H groups in total. The number of carbonyl (C=O) groups excluding carboxylic acids is 1. The van der Waals surface area contributed by atoms with E-state index >= 15 is 0 Å². The van der Waals surface area contributed by atoms with Crippen molar-refractivity contribution >= 4 is 27.3 Å². The van der Waals surface area contributed by atoms with Crippen molar-refractivity contribution in [3.8, 4) is 5.75 Å². The Morgan fingerprint density at radius 2 is 1.77 bits per heavy atom. The van der Waals surface area contributed by atoms with E-state index in [0.717, 1.165) is 28.8 Å². The van der Waals surface area contributed by atoms with E-state index < -0.39 is 15.4 Å². The van der Waals surface area contributed by atoms with Crippen LogP contribution in [-0.2, 0) is 21.2 Å². The van der Waals surface area contributed by atoms with Crippen molar-refractivity contribution in [1.29, 1.82) is 0 Å². The van der Waals surface area contributed by atoms with Gasteiger partial charge in [-0.1, -0.05) is 26.8 Å². The van der Waals surface area contributed by atoms with Gasteiger partial charge in [0.15, 0.2) is 0 Å². The van der Waals surface area contributed by atoms with Gasteiger partial charge in [-0.3, -0.25) is 9.52 Å². The summed E-state index contributed by atoms with van der Waals surface area (Å²) >= 11 is 0. The third-order valence-electron chi connectivity index (χ3n) is 5.15. The van der Waals surface area contributed by atoms with Crippen molar-refractivity contribution in [2.24, 2.45) is 5.41 Å². The lowest BCUT2D eigenvalue weighted by Crippen LogP contribution is -2.38. The number of anilines is 2. The number of carbonyl (C=O) groups is 1. The van der Waals surface area contributed by atoms with Crippen LogP contribution in [0.1, 0.15) is 44.4 Å². The average molecular weight is 431 g/mol. The predicted molar refractivity (Wildman–Crippen MR) is 120 cm³/mol. The second kappa shape index (κ2) is 7.95. The second-order valence-electron chi connectivity index (χ2n) is 8.72. The Balaban J connectivity index is 1.91. The molecule has 30 heavy (non-hydrogen) atoms. The number of nitrogens with one attached hydrogen (secondary N) is 1. The van der Waals surface area contributed by atoms with Crippen molar-refractivity contribution in [3.63, 3.8) is 0 Å². The van der Waals surface area contributed by atoms with Crippen LogP contribution in [0.15, 0.2) is 35.2 Å². The minimum atomic E-state index is -3.78. The zero-order valence-corrected chi connectivity index (χ0v) is 19.3. The van der Waals surface area contributed by atoms with Crippen molar-refractivity contribution in [2.75, 3.05) is 22.8 Å². The molecule has 6 nitrogen and oxygen atoms in total. The monoisotopic (exact) mass is 430 g/mol. The van der Waals surface area contributed by atoms with E-state index in [-0.39, 0.29) is 10.8 Å². The first-order valence-electron chi connectivity index (χ1n) is 10.2. The molecule has 0 atom stereocenters. The van der Waals surface area contributed by atoms with Gasteiger partial charge in [-0.25, -0.2) is 8.42 Å². The molecule has 0 radical (unpaired) electrons. The fourth-order valence-corrected chi connectivity index (χ4v) is 4.93. The summed E-state index contributed by atoms with van der Waals surface area (Å²) in [4.78, 5) is 14.7. The van der Waals surface area contributed by atoms with Crippen LogP contribution in [0, 0.1) is 19.3 Å². The van der Waals surface area contributed by atoms with E-state index in [1.165, 1.54) is 0 Å². The van der Waals surface area contributed by atoms with Crippen LogP contribution in [0.3, 0.4) is 0 Å². The summed E-state index contributed by atoms with van der Waals surface area (Å²) in [5.74, 6) is 0.740. The zero-order valence-electron chi connectivity index (χ0n) is 18.5. The highest BCUT2D eigenvalue weighted by molar-refractivity contribution is 7.92. The van der Waals surface area contributed by atoms with Gasteiger partial charge >= 0.3 is 0 Å². The molecular formula is C23H30N2O4S. The highest BCUT2D eigenvalue weighted by atomic mass is 32.2. The summed E-state index contributed by atoms with van der Waals surface area (Å²) in [6.45, 7) is 12.4. The van der Waals surface area contributed by atoms with Crippen LogP contribution in [-0.4, -0.2) is 27.5 Å². The molecule has 0 aliphatic carbocycles. The third-order valence-corrected chi connectivity index (χ3v) is 6.51. The molecule has 0 spiro atoms. The molecule has 3 rings (SSSR count). The molecule has 7 heteroatoms. The largest absolute Gasteiger partial charge is 0.493 e. The standard InChI is InChI=1S/C23H30N2O4S/c1-7-29-21-15(2)12-19(13-16(21)3)30(27,28)24-18-9-8-17-10-11-25(20(17)14-18)22(26)23(4,5)6/h8-9,12-14,24H,7,10-11H2,1-6H3. The van der Waals surface area contributed by atoms with Crippen LogP contribution in [0.4, 0.5) is 11.4 Å². The Morgan fingerprint density at radius 3 is 2.33 bits per heavy atom. The van der Waals surface area contributed by atoms with E-state index in [0.29, 0.717) is 24.6 Å². The maximum absolute atomic E-state index is 13.0. The Labute approximate surface area is 179 Å². The summed E-state index contributed by atoms with van der Waals surface area (Å²) in [5, 5.41) is 0. The van der Waals surface area contributed by atoms with E-state index in [1.807, 2.05) is 47.6 Å². The summed E-state index contributed by atoms with van der Waals surface area (Å²) in [6.07, 6.45) is 0.765. The van der Waals surface area contributed by atoms with E-state index in [2.05, 4.69) is 4.72 Å². The van der Waals surface area contributed by atoms with Gasteiger partial charge in [-0.2, -0.15) is 0 Å². The number of fused-ring (bicyclic) bond motifs is 1. The van der Waals surface area contributed by atoms with Crippen LogP contribution in [0.2, 0.25) is 0 Å². The average Bonchev–Trinajstić information content (AvgIpc) is 3.05. The summed E-state index contributed by atoms with van der Waals surface area (Å²) in [6, 6.07) is 8.61. The molecule has 0 saturated carbocycles. The Bertz CT molecular complexity index is 1060. The Hall–Kier alpha value is -2.54. The van der Waals surface area contributed by atoms with Crippen molar-refractivity contribution < 1.29 is 17.9 Å². The van der Waals surface area contributed by atoms with E-state index in [1.54, 1.807) is 29.2 Å². The molecule has 1 aliphatic heterocycles. The van der Waals surface area contributed by atoms with Gasteiger partial charge in [0, 0.05) is 17.6 Å². The van der Waals surface area contributed by atoms with Crippen LogP contribution >= 0.6 is 0 Å². The first-order valence-corrected chi connectivity index (χ1v) is 11.6. The minimum absolute atomic E-state index is 0.0269. The van der Waals surface area contributed by atoms with Crippen LogP contribution in [0.25, 0.3) is 0 Å². The molecule has 162 valence electrons. The van der Waals surface area contributed by atoms with Crippen LogP contribution in [0.5, 0.6) is 5.75 Å². The van der Waals surface area contributed by atoms with E-state index in [9.17, 15) is 13.2 Å². The highest BCUT2D eigenvalue weighted by Gasteiger charge is 2.32. The lowest BCUT2D eigenvalue weighted by Gasteiger charge is -2.26. The molecule has 1 aliphatic rings. The number of hydrogen-bond acceptors (Lipinski definition) is 4. The van der Waals surface area contributed by atoms with Gasteiger partial charge in [-0.15, -0.1) is 0 Å². The van der Waals surface area contributed by atoms with Crippen LogP contribution < -0.4 is 14.4 Å². The first kappa shape index (κ1) is 22.2. The third kappa shape index (κ3) is 4.31. The number of sulfonamides is 1. The van der Waals surface area contributed by atoms with Crippen molar-refractivity contribution in [3.05, 3.63) is 47.0 Å². The van der Waals surface area contributed by atoms with Gasteiger partial charge < -0.3 is 9.64 Å². The lowest BCUT2D eigenvalue weighted by molar-refractivity contribution is -0.125. The molecule has 0 bridgehead atoms. The molecule has 2 aromatic carbocycles. The maximum atomic E-state index is 13.0. The topological polar surface area (TPSA) is 75.7 Å². The van der Waals surface area contributed by atoms with Crippen molar-refractivity contribution in [1.82, 2.24) is 0 Å². The van der Waals surface area contributed by atoms with Gasteiger partial charge in [-0.05, 0) is 68.1 Å². The van der Waals surface area contributed by atoms with Gasteiger partial charge in [0.25, 0.3) is 10.0 Å². The summed E-state index contributed by atoms with van der Waals surface area (Å²) in [7, 11) is -3.78. The predicted octanol–water partition coefficient (Wildman–Crippen LogP) is 4.44. The quantitative estimate of drug-likeness (QED) is 0.761. The Morgan fingerprint density at radius 1 is 1.13 bits per heavy atom. The smallest absolute Gasteiger partial charge is 0.261 e. The summed E-state index contributed by atoms with van der Waals surface area (Å²) < 4.78 is 34.3. The minimum Gasteiger partial charge on any atom is -0.493 e. The molecule has 0 unspecified atom stereocenters. The SMILES string of the molecule is CCOc1c(C)cc(S(=O)(=O)Nc2ccc3c(c2)N(C(=O)C(C)(C)C)CC3)cc1C. The number of aryl methyl sites for hydroxylation is 2. The number of amides is 1. The van der Waals surface area contributed by atoms with Crippen molar-refractivity contribution in [2.45, 2.75) is 52.9 Å². The Kier molecular flexibility index (Phi) is 5.87. The molecular weight excluding hydrogens is 400 g/mol. The zero-order chi connectivity index (χ0) is 22.3. The molecule has 1 amide bonds. The number of rotatable bonds is 5. The first-order chi connectivity index (χ1) is 13.9. The molecule has 0 aromatic heterocycles. The van der Waals surface area contributed by atoms with Gasteiger partial charge in [0.05, 0.1) is 17.2 Å². The fourth-order valence-electron chi connectivity index (χ4n) is 3.71. The molecule has 0 saturated heterocycles. The van der Waals surface area contributed by atoms with Gasteiger partial charge in [0.2, 0.25) is 5.91 Å². The maximum Gasteiger partial charge on any atom is 0.261 e. The summed E-state index contributed by atoms with van der Waals surface area (Å²) in [5.41, 5.74) is 3.29. The molecule has 1 heterocycles. The number of benzene rings is 2. The van der Waals surface area contributed by atoms with E-state index in [4.69, 9.17) is 4.74 Å². The molecule has 0 fully saturated rings. The normalized spacial score (nSPS) is 13.9. The number of nitrogens with zero attached hydrogens (tertiary/aromatic N) is 1. The number of hydrogen-bond donors (Lipinski definition) is 1. The van der Waals surface area contributed by atoms with Gasteiger partial charge in [0.1, 0.15) is 5.75 Å². The molecule has 2 aromatic rings. The lowest BCUT2D eigenvalue weighted by atomic mass is 9.94. The number of ether oxygens (including phenoxy) is 1. The highest BCUT2D eigenvalue weighted by Crippen LogP contribution is 2.35.